The Morgan fingerprint density at radius 2 is 2.11 bits per heavy atom. The number of benzene rings is 1. The zero-order valence-corrected chi connectivity index (χ0v) is 11.6. The first-order chi connectivity index (χ1) is 8.99. The average molecular weight is 257 g/mol. The molecule has 1 N–H and O–H groups in total. The van der Waals surface area contributed by atoms with Crippen LogP contribution in [0.5, 0.6) is 0 Å². The largest absolute Gasteiger partial charge is 0.481 e. The smallest absolute Gasteiger partial charge is 0.303 e. The van der Waals surface area contributed by atoms with Crippen molar-refractivity contribution >= 4 is 16.9 Å². The Labute approximate surface area is 113 Å². The lowest BCUT2D eigenvalue weighted by molar-refractivity contribution is -0.136. The molecule has 0 radical (unpaired) electrons. The van der Waals surface area contributed by atoms with Crippen molar-refractivity contribution in [3.63, 3.8) is 0 Å². The van der Waals surface area contributed by atoms with Crippen LogP contribution in [0.4, 0.5) is 0 Å². The van der Waals surface area contributed by atoms with Crippen molar-refractivity contribution < 1.29 is 9.90 Å². The molecular weight excluding hydrogens is 238 g/mol. The highest BCUT2D eigenvalue weighted by molar-refractivity contribution is 5.86. The highest BCUT2D eigenvalue weighted by Gasteiger charge is 2.11. The Morgan fingerprint density at radius 1 is 1.37 bits per heavy atom. The number of fused-ring (bicyclic) bond motifs is 1. The molecule has 0 saturated carbocycles. The minimum atomic E-state index is -0.761. The minimum absolute atomic E-state index is 0.157. The number of aromatic nitrogens is 1. The predicted molar refractivity (Wildman–Crippen MR) is 76.5 cm³/mol. The van der Waals surface area contributed by atoms with Crippen LogP contribution in [0.2, 0.25) is 0 Å². The number of rotatable bonds is 4. The van der Waals surface area contributed by atoms with Crippen molar-refractivity contribution in [1.29, 1.82) is 0 Å². The number of hydrogen-bond donors (Lipinski definition) is 1. The van der Waals surface area contributed by atoms with Crippen LogP contribution in [0.1, 0.15) is 43.0 Å². The van der Waals surface area contributed by atoms with Gasteiger partial charge < -0.3 is 5.11 Å². The molecule has 0 aliphatic carbocycles. The monoisotopic (exact) mass is 257 g/mol. The third kappa shape index (κ3) is 2.92. The van der Waals surface area contributed by atoms with Gasteiger partial charge in [0, 0.05) is 17.5 Å². The Morgan fingerprint density at radius 3 is 2.74 bits per heavy atom. The van der Waals surface area contributed by atoms with Gasteiger partial charge in [-0.15, -0.1) is 0 Å². The quantitative estimate of drug-likeness (QED) is 0.908. The number of pyridine rings is 1. The number of aryl methyl sites for hydroxylation is 2. The molecule has 2 aromatic rings. The fourth-order valence-electron chi connectivity index (χ4n) is 2.40. The number of carbonyl (C=O) groups is 1. The molecule has 0 fully saturated rings. The predicted octanol–water partition coefficient (Wildman–Crippen LogP) is 3.68. The van der Waals surface area contributed by atoms with Gasteiger partial charge in [0.25, 0.3) is 0 Å². The van der Waals surface area contributed by atoms with Gasteiger partial charge in [0.1, 0.15) is 0 Å². The summed E-state index contributed by atoms with van der Waals surface area (Å²) in [4.78, 5) is 15.4. The third-order valence-corrected chi connectivity index (χ3v) is 3.31. The summed E-state index contributed by atoms with van der Waals surface area (Å²) >= 11 is 0. The van der Waals surface area contributed by atoms with Gasteiger partial charge in [0.15, 0.2) is 0 Å². The summed E-state index contributed by atoms with van der Waals surface area (Å²) in [6.45, 7) is 6.26. The normalized spacial score (nSPS) is 11.2. The van der Waals surface area contributed by atoms with Crippen LogP contribution in [0.25, 0.3) is 10.9 Å². The van der Waals surface area contributed by atoms with Gasteiger partial charge in [-0.2, -0.15) is 0 Å². The van der Waals surface area contributed by atoms with E-state index in [-0.39, 0.29) is 6.42 Å². The van der Waals surface area contributed by atoms with Gasteiger partial charge in [0.2, 0.25) is 0 Å². The number of nitrogens with zero attached hydrogens (tertiary/aromatic N) is 1. The number of hydrogen-bond acceptors (Lipinski definition) is 2. The van der Waals surface area contributed by atoms with Crippen molar-refractivity contribution in [1.82, 2.24) is 4.98 Å². The molecule has 100 valence electrons. The highest BCUT2D eigenvalue weighted by atomic mass is 16.4. The Bertz CT molecular complexity index is 617. The van der Waals surface area contributed by atoms with Crippen LogP contribution in [0.3, 0.4) is 0 Å². The van der Waals surface area contributed by atoms with E-state index < -0.39 is 5.97 Å². The molecule has 1 aromatic carbocycles. The topological polar surface area (TPSA) is 50.2 Å². The SMILES string of the molecule is Cc1cc(CCC(=O)O)c2cccc(C(C)C)c2n1. The van der Waals surface area contributed by atoms with E-state index >= 15 is 0 Å². The molecule has 0 aliphatic rings. The zero-order valence-electron chi connectivity index (χ0n) is 11.6. The van der Waals surface area contributed by atoms with E-state index in [0.717, 1.165) is 22.2 Å². The molecule has 0 atom stereocenters. The molecule has 2 rings (SSSR count). The molecule has 0 spiro atoms. The van der Waals surface area contributed by atoms with Gasteiger partial charge in [-0.05, 0) is 36.5 Å². The van der Waals surface area contributed by atoms with E-state index in [1.165, 1.54) is 5.56 Å². The molecule has 1 heterocycles. The molecule has 0 saturated heterocycles. The van der Waals surface area contributed by atoms with E-state index in [0.29, 0.717) is 12.3 Å². The first-order valence-corrected chi connectivity index (χ1v) is 6.60. The average Bonchev–Trinajstić information content (AvgIpc) is 2.34. The fraction of sp³-hybridized carbons (Fsp3) is 0.375. The molecule has 1 aromatic heterocycles. The van der Waals surface area contributed by atoms with Crippen molar-refractivity contribution in [2.24, 2.45) is 0 Å². The number of para-hydroxylation sites is 1. The van der Waals surface area contributed by atoms with Gasteiger partial charge in [0.05, 0.1) is 5.52 Å². The molecule has 0 amide bonds. The van der Waals surface area contributed by atoms with Crippen LogP contribution in [-0.4, -0.2) is 16.1 Å². The van der Waals surface area contributed by atoms with E-state index in [9.17, 15) is 4.79 Å². The standard InChI is InChI=1S/C16H19NO2/c1-10(2)13-5-4-6-14-12(7-8-15(18)19)9-11(3)17-16(13)14/h4-6,9-10H,7-8H2,1-3H3,(H,18,19). The highest BCUT2D eigenvalue weighted by Crippen LogP contribution is 2.27. The Kier molecular flexibility index (Phi) is 3.84. The maximum Gasteiger partial charge on any atom is 0.303 e. The summed E-state index contributed by atoms with van der Waals surface area (Å²) in [5.74, 6) is -0.354. The van der Waals surface area contributed by atoms with E-state index in [1.54, 1.807) is 0 Å². The lowest BCUT2D eigenvalue weighted by Crippen LogP contribution is -2.01. The summed E-state index contributed by atoms with van der Waals surface area (Å²) in [7, 11) is 0. The minimum Gasteiger partial charge on any atom is -0.481 e. The maximum atomic E-state index is 10.8. The van der Waals surface area contributed by atoms with Crippen LogP contribution in [-0.2, 0) is 11.2 Å². The summed E-state index contributed by atoms with van der Waals surface area (Å²) in [5, 5.41) is 9.92. The first-order valence-electron chi connectivity index (χ1n) is 6.60. The number of aliphatic carboxylic acids is 1. The fourth-order valence-corrected chi connectivity index (χ4v) is 2.40. The number of carboxylic acids is 1. The van der Waals surface area contributed by atoms with Crippen molar-refractivity contribution in [2.75, 3.05) is 0 Å². The second-order valence-electron chi connectivity index (χ2n) is 5.21. The van der Waals surface area contributed by atoms with Gasteiger partial charge in [-0.25, -0.2) is 0 Å². The summed E-state index contributed by atoms with van der Waals surface area (Å²) < 4.78 is 0. The number of carboxylic acid groups (broad SMARTS) is 1. The van der Waals surface area contributed by atoms with Gasteiger partial charge in [-0.1, -0.05) is 32.0 Å². The van der Waals surface area contributed by atoms with Crippen LogP contribution in [0.15, 0.2) is 24.3 Å². The summed E-state index contributed by atoms with van der Waals surface area (Å²) in [5.41, 5.74) is 4.25. The van der Waals surface area contributed by atoms with Crippen LogP contribution < -0.4 is 0 Å². The third-order valence-electron chi connectivity index (χ3n) is 3.31. The molecule has 3 nitrogen and oxygen atoms in total. The Balaban J connectivity index is 2.58. The Hall–Kier alpha value is -1.90. The van der Waals surface area contributed by atoms with E-state index in [4.69, 9.17) is 5.11 Å². The molecule has 0 aliphatic heterocycles. The molecular formula is C16H19NO2. The molecule has 19 heavy (non-hydrogen) atoms. The van der Waals surface area contributed by atoms with Crippen molar-refractivity contribution in [2.45, 2.75) is 39.5 Å². The molecule has 0 bridgehead atoms. The lowest BCUT2D eigenvalue weighted by atomic mass is 9.96. The van der Waals surface area contributed by atoms with Gasteiger partial charge in [-0.3, -0.25) is 9.78 Å². The summed E-state index contributed by atoms with van der Waals surface area (Å²) in [6, 6.07) is 8.15. The van der Waals surface area contributed by atoms with Crippen molar-refractivity contribution in [3.8, 4) is 0 Å². The van der Waals surface area contributed by atoms with Gasteiger partial charge >= 0.3 is 5.97 Å². The maximum absolute atomic E-state index is 10.8. The first kappa shape index (κ1) is 13.5. The summed E-state index contributed by atoms with van der Waals surface area (Å²) in [6.07, 6.45) is 0.710. The van der Waals surface area contributed by atoms with E-state index in [2.05, 4.69) is 24.9 Å². The molecule has 3 heteroatoms. The zero-order chi connectivity index (χ0) is 14.0. The van der Waals surface area contributed by atoms with Crippen LogP contribution >= 0.6 is 0 Å². The second kappa shape index (κ2) is 5.39. The second-order valence-corrected chi connectivity index (χ2v) is 5.21. The van der Waals surface area contributed by atoms with Crippen molar-refractivity contribution in [3.05, 3.63) is 41.1 Å². The van der Waals surface area contributed by atoms with Crippen LogP contribution in [0, 0.1) is 6.92 Å². The molecule has 0 unspecified atom stereocenters. The van der Waals surface area contributed by atoms with E-state index in [1.807, 2.05) is 25.1 Å². The lowest BCUT2D eigenvalue weighted by Gasteiger charge is -2.13.